The number of nitrogens with zero attached hydrogens (tertiary/aromatic N) is 2. The van der Waals surface area contributed by atoms with Crippen LogP contribution in [-0.2, 0) is 6.18 Å². The summed E-state index contributed by atoms with van der Waals surface area (Å²) in [5.74, 6) is 0. The largest absolute Gasteiger partial charge is 0.416 e. The summed E-state index contributed by atoms with van der Waals surface area (Å²) in [5.41, 5.74) is 3.34. The molecule has 1 aromatic carbocycles. The quantitative estimate of drug-likeness (QED) is 0.540. The summed E-state index contributed by atoms with van der Waals surface area (Å²) in [4.78, 5) is 4.65. The molecule has 1 atom stereocenters. The van der Waals surface area contributed by atoms with Gasteiger partial charge in [0.1, 0.15) is 0 Å². The van der Waals surface area contributed by atoms with Crippen molar-refractivity contribution in [2.24, 2.45) is 0 Å². The number of halogens is 3. The van der Waals surface area contributed by atoms with Crippen LogP contribution in [0.4, 0.5) is 18.3 Å². The third-order valence-electron chi connectivity index (χ3n) is 4.63. The van der Waals surface area contributed by atoms with Gasteiger partial charge in [-0.25, -0.2) is 4.98 Å². The van der Waals surface area contributed by atoms with E-state index in [0.29, 0.717) is 11.7 Å². The second-order valence-electron chi connectivity index (χ2n) is 6.66. The molecular formula is C20H22F3N3S. The van der Waals surface area contributed by atoms with Crippen LogP contribution in [-0.4, -0.2) is 15.6 Å². The van der Waals surface area contributed by atoms with E-state index in [2.05, 4.69) is 24.1 Å². The molecule has 0 saturated heterocycles. The summed E-state index contributed by atoms with van der Waals surface area (Å²) < 4.78 is 41.0. The third kappa shape index (κ3) is 4.03. The molecule has 3 rings (SSSR count). The summed E-state index contributed by atoms with van der Waals surface area (Å²) in [7, 11) is 0. The molecule has 1 N–H and O–H groups in total. The van der Waals surface area contributed by atoms with Crippen molar-refractivity contribution in [1.82, 2.24) is 9.55 Å². The van der Waals surface area contributed by atoms with Crippen LogP contribution in [0.25, 0.3) is 16.9 Å². The second-order valence-corrected chi connectivity index (χ2v) is 7.52. The van der Waals surface area contributed by atoms with Gasteiger partial charge in [-0.15, -0.1) is 11.3 Å². The maximum atomic E-state index is 13.1. The van der Waals surface area contributed by atoms with Crippen molar-refractivity contribution < 1.29 is 13.2 Å². The standard InChI is InChI=1S/C20H22F3N3S/c1-5-12(2)24-19-25-18(11-27-19)17-9-13(3)26(14(17)4)16-8-6-7-15(10-16)20(21,22)23/h6-12H,5H2,1-4H3,(H,24,25). The van der Waals surface area contributed by atoms with Crippen LogP contribution in [0, 0.1) is 13.8 Å². The van der Waals surface area contributed by atoms with Crippen LogP contribution in [0.2, 0.25) is 0 Å². The predicted molar refractivity (Wildman–Crippen MR) is 105 cm³/mol. The van der Waals surface area contributed by atoms with Crippen LogP contribution in [0.15, 0.2) is 35.7 Å². The van der Waals surface area contributed by atoms with Crippen molar-refractivity contribution in [3.8, 4) is 16.9 Å². The van der Waals surface area contributed by atoms with Crippen molar-refractivity contribution >= 4 is 16.5 Å². The Morgan fingerprint density at radius 2 is 1.96 bits per heavy atom. The molecule has 2 aromatic heterocycles. The summed E-state index contributed by atoms with van der Waals surface area (Å²) in [5, 5.41) is 6.18. The molecule has 0 aliphatic heterocycles. The Morgan fingerprint density at radius 1 is 1.22 bits per heavy atom. The van der Waals surface area contributed by atoms with Crippen LogP contribution in [0.1, 0.15) is 37.2 Å². The van der Waals surface area contributed by atoms with Crippen LogP contribution in [0.5, 0.6) is 0 Å². The van der Waals surface area contributed by atoms with E-state index < -0.39 is 11.7 Å². The zero-order valence-electron chi connectivity index (χ0n) is 15.7. The molecule has 2 heterocycles. The zero-order chi connectivity index (χ0) is 19.8. The number of thiazole rings is 1. The number of alkyl halides is 3. The number of hydrogen-bond acceptors (Lipinski definition) is 3. The van der Waals surface area contributed by atoms with Gasteiger partial charge in [-0.05, 0) is 51.5 Å². The average Bonchev–Trinajstić information content (AvgIpc) is 3.18. The maximum absolute atomic E-state index is 13.1. The van der Waals surface area contributed by atoms with E-state index in [1.807, 2.05) is 29.9 Å². The van der Waals surface area contributed by atoms with E-state index in [4.69, 9.17) is 0 Å². The van der Waals surface area contributed by atoms with Crippen LogP contribution in [0.3, 0.4) is 0 Å². The first-order valence-corrected chi connectivity index (χ1v) is 9.67. The lowest BCUT2D eigenvalue weighted by molar-refractivity contribution is -0.137. The van der Waals surface area contributed by atoms with Crippen LogP contribution >= 0.6 is 11.3 Å². The van der Waals surface area contributed by atoms with Crippen molar-refractivity contribution in [3.63, 3.8) is 0 Å². The van der Waals surface area contributed by atoms with Gasteiger partial charge in [0.05, 0.1) is 11.3 Å². The van der Waals surface area contributed by atoms with E-state index in [9.17, 15) is 13.2 Å². The van der Waals surface area contributed by atoms with Gasteiger partial charge >= 0.3 is 6.18 Å². The highest BCUT2D eigenvalue weighted by atomic mass is 32.1. The highest BCUT2D eigenvalue weighted by Gasteiger charge is 2.30. The molecule has 0 radical (unpaired) electrons. The lowest BCUT2D eigenvalue weighted by Crippen LogP contribution is -2.12. The molecule has 0 spiro atoms. The van der Waals surface area contributed by atoms with Crippen LogP contribution < -0.4 is 5.32 Å². The fraction of sp³-hybridized carbons (Fsp3) is 0.350. The molecule has 7 heteroatoms. The van der Waals surface area contributed by atoms with Crippen molar-refractivity contribution in [2.45, 2.75) is 46.3 Å². The average molecular weight is 393 g/mol. The van der Waals surface area contributed by atoms with Gasteiger partial charge in [-0.3, -0.25) is 0 Å². The van der Waals surface area contributed by atoms with Crippen molar-refractivity contribution in [3.05, 3.63) is 52.7 Å². The van der Waals surface area contributed by atoms with Gasteiger partial charge in [0, 0.05) is 34.1 Å². The number of anilines is 1. The SMILES string of the molecule is CCC(C)Nc1nc(-c2cc(C)n(-c3cccc(C(F)(F)F)c3)c2C)cs1. The molecule has 0 aliphatic carbocycles. The smallest absolute Gasteiger partial charge is 0.359 e. The first-order valence-electron chi connectivity index (χ1n) is 8.79. The minimum absolute atomic E-state index is 0.335. The van der Waals surface area contributed by atoms with Crippen molar-refractivity contribution in [1.29, 1.82) is 0 Å². The monoisotopic (exact) mass is 393 g/mol. The maximum Gasteiger partial charge on any atom is 0.416 e. The molecule has 3 aromatic rings. The lowest BCUT2D eigenvalue weighted by atomic mass is 10.2. The number of aryl methyl sites for hydroxylation is 1. The molecule has 0 saturated carbocycles. The van der Waals surface area contributed by atoms with E-state index >= 15 is 0 Å². The number of aromatic nitrogens is 2. The van der Waals surface area contributed by atoms with E-state index in [0.717, 1.165) is 40.3 Å². The highest BCUT2D eigenvalue weighted by Crippen LogP contribution is 2.34. The molecule has 3 nitrogen and oxygen atoms in total. The molecular weight excluding hydrogens is 371 g/mol. The first kappa shape index (κ1) is 19.5. The topological polar surface area (TPSA) is 29.9 Å². The summed E-state index contributed by atoms with van der Waals surface area (Å²) in [6.45, 7) is 8.00. The Balaban J connectivity index is 1.99. The minimum atomic E-state index is -4.36. The fourth-order valence-electron chi connectivity index (χ4n) is 3.02. The Labute approximate surface area is 160 Å². The summed E-state index contributed by atoms with van der Waals surface area (Å²) >= 11 is 1.53. The summed E-state index contributed by atoms with van der Waals surface area (Å²) in [6.07, 6.45) is -3.36. The molecule has 0 aliphatic rings. The normalized spacial score (nSPS) is 13.0. The molecule has 0 amide bonds. The highest BCUT2D eigenvalue weighted by molar-refractivity contribution is 7.14. The Hall–Kier alpha value is -2.28. The van der Waals surface area contributed by atoms with Gasteiger partial charge in [-0.1, -0.05) is 13.0 Å². The Morgan fingerprint density at radius 3 is 2.63 bits per heavy atom. The predicted octanol–water partition coefficient (Wildman–Crippen LogP) is 6.45. The molecule has 0 fully saturated rings. The van der Waals surface area contributed by atoms with E-state index in [1.165, 1.54) is 23.5 Å². The van der Waals surface area contributed by atoms with E-state index in [-0.39, 0.29) is 0 Å². The second kappa shape index (κ2) is 7.38. The van der Waals surface area contributed by atoms with E-state index in [1.54, 1.807) is 6.07 Å². The minimum Gasteiger partial charge on any atom is -0.359 e. The molecule has 144 valence electrons. The van der Waals surface area contributed by atoms with Crippen molar-refractivity contribution in [2.75, 3.05) is 5.32 Å². The van der Waals surface area contributed by atoms with Gasteiger partial charge < -0.3 is 9.88 Å². The molecule has 27 heavy (non-hydrogen) atoms. The number of nitrogens with one attached hydrogen (secondary N) is 1. The number of benzene rings is 1. The fourth-order valence-corrected chi connectivity index (χ4v) is 3.84. The molecule has 0 bridgehead atoms. The lowest BCUT2D eigenvalue weighted by Gasteiger charge is -2.13. The number of hydrogen-bond donors (Lipinski definition) is 1. The molecule has 1 unspecified atom stereocenters. The van der Waals surface area contributed by atoms with Gasteiger partial charge in [0.2, 0.25) is 0 Å². The first-order chi connectivity index (χ1) is 12.7. The number of rotatable bonds is 5. The summed E-state index contributed by atoms with van der Waals surface area (Å²) in [6, 6.07) is 7.70. The third-order valence-corrected chi connectivity index (χ3v) is 5.40. The zero-order valence-corrected chi connectivity index (χ0v) is 16.5. The van der Waals surface area contributed by atoms with Gasteiger partial charge in [0.25, 0.3) is 0 Å². The Kier molecular flexibility index (Phi) is 5.33. The van der Waals surface area contributed by atoms with Gasteiger partial charge in [-0.2, -0.15) is 13.2 Å². The van der Waals surface area contributed by atoms with Gasteiger partial charge in [0.15, 0.2) is 5.13 Å². The Bertz CT molecular complexity index is 940.